The number of hydrogen-bond acceptors (Lipinski definition) is 11. The zero-order valence-electron chi connectivity index (χ0n) is 23.9. The number of rotatable bonds is 10. The Morgan fingerprint density at radius 3 is 2.60 bits per heavy atom. The molecule has 2 aliphatic rings. The van der Waals surface area contributed by atoms with E-state index in [-0.39, 0.29) is 31.0 Å². The van der Waals surface area contributed by atoms with Gasteiger partial charge >= 0.3 is 0 Å². The van der Waals surface area contributed by atoms with Crippen molar-refractivity contribution < 1.29 is 19.4 Å². The van der Waals surface area contributed by atoms with Crippen LogP contribution >= 0.6 is 11.3 Å². The molecule has 4 rings (SSSR count). The van der Waals surface area contributed by atoms with Crippen molar-refractivity contribution >= 4 is 46.0 Å². The average molecular weight is 595 g/mol. The van der Waals surface area contributed by atoms with Gasteiger partial charge in [0.15, 0.2) is 5.01 Å². The van der Waals surface area contributed by atoms with Crippen LogP contribution in [0.4, 0.5) is 5.82 Å². The second kappa shape index (κ2) is 18.6. The van der Waals surface area contributed by atoms with Gasteiger partial charge in [-0.05, 0) is 33.4 Å². The molecule has 0 aromatic carbocycles. The SMILES string of the molecule is C=N/C=C\C.CC.CC.CCOC1=CN=CC(c2cnc(C(=O)NCc3cc(NS(=O)(=O)C4CC4)ncn3)s2)N1.[HH]. The minimum Gasteiger partial charge on any atom is -0.478 e. The van der Waals surface area contributed by atoms with Gasteiger partial charge in [0.25, 0.3) is 5.91 Å². The largest absolute Gasteiger partial charge is 0.478 e. The molecule has 2 aromatic rings. The van der Waals surface area contributed by atoms with Gasteiger partial charge in [0.2, 0.25) is 15.9 Å². The molecule has 3 heterocycles. The molecule has 0 spiro atoms. The predicted molar refractivity (Wildman–Crippen MR) is 164 cm³/mol. The average Bonchev–Trinajstić information content (AvgIpc) is 3.73. The number of nitrogens with one attached hydrogen (secondary N) is 3. The zero-order valence-corrected chi connectivity index (χ0v) is 25.6. The Morgan fingerprint density at radius 1 is 1.27 bits per heavy atom. The van der Waals surface area contributed by atoms with Crippen LogP contribution < -0.4 is 15.4 Å². The van der Waals surface area contributed by atoms with E-state index in [9.17, 15) is 13.2 Å². The van der Waals surface area contributed by atoms with E-state index < -0.39 is 10.0 Å². The van der Waals surface area contributed by atoms with E-state index in [1.807, 2.05) is 47.6 Å². The summed E-state index contributed by atoms with van der Waals surface area (Å²) in [5.41, 5.74) is 0.473. The fourth-order valence-electron chi connectivity index (χ4n) is 2.85. The Kier molecular flexibility index (Phi) is 16.0. The Balaban J connectivity index is 0.00000142. The van der Waals surface area contributed by atoms with Gasteiger partial charge in [-0.1, -0.05) is 33.8 Å². The third kappa shape index (κ3) is 11.6. The highest BCUT2D eigenvalue weighted by molar-refractivity contribution is 7.93. The Morgan fingerprint density at radius 2 is 2.00 bits per heavy atom. The number of hydrogen-bond donors (Lipinski definition) is 3. The van der Waals surface area contributed by atoms with E-state index in [1.54, 1.807) is 24.8 Å². The molecule has 14 heteroatoms. The lowest BCUT2D eigenvalue weighted by molar-refractivity contribution is 0.0950. The summed E-state index contributed by atoms with van der Waals surface area (Å²) >= 11 is 1.24. The van der Waals surface area contributed by atoms with Gasteiger partial charge < -0.3 is 15.4 Å². The molecule has 0 bridgehead atoms. The molecule has 1 amide bonds. The van der Waals surface area contributed by atoms with E-state index in [1.165, 1.54) is 23.7 Å². The summed E-state index contributed by atoms with van der Waals surface area (Å²) in [5.74, 6) is 0.387. The van der Waals surface area contributed by atoms with E-state index in [0.29, 0.717) is 36.0 Å². The fraction of sp³-hybridized carbons (Fsp3) is 0.462. The first kappa shape index (κ1) is 34.4. The Labute approximate surface area is 242 Å². The molecule has 1 saturated carbocycles. The number of anilines is 1. The summed E-state index contributed by atoms with van der Waals surface area (Å²) in [6.45, 7) is 15.6. The van der Waals surface area contributed by atoms with Crippen molar-refractivity contribution in [2.45, 2.75) is 72.2 Å². The van der Waals surface area contributed by atoms with Crippen LogP contribution in [0, 0.1) is 0 Å². The molecule has 1 unspecified atom stereocenters. The number of aromatic nitrogens is 3. The third-order valence-corrected chi connectivity index (χ3v) is 7.59. The molecular weight excluding hydrogens is 552 g/mol. The molecule has 0 radical (unpaired) electrons. The predicted octanol–water partition coefficient (Wildman–Crippen LogP) is 4.84. The first-order valence-corrected chi connectivity index (χ1v) is 15.5. The molecule has 1 atom stereocenters. The Hall–Kier alpha value is -3.65. The summed E-state index contributed by atoms with van der Waals surface area (Å²) in [4.78, 5) is 33.1. The molecule has 2 aromatic heterocycles. The van der Waals surface area contributed by atoms with Crippen molar-refractivity contribution in [2.24, 2.45) is 9.98 Å². The van der Waals surface area contributed by atoms with E-state index >= 15 is 0 Å². The van der Waals surface area contributed by atoms with Crippen molar-refractivity contribution in [3.8, 4) is 0 Å². The van der Waals surface area contributed by atoms with E-state index in [2.05, 4.69) is 47.0 Å². The smallest absolute Gasteiger partial charge is 0.280 e. The summed E-state index contributed by atoms with van der Waals surface area (Å²) in [6, 6.07) is 1.27. The van der Waals surface area contributed by atoms with Crippen LogP contribution in [-0.2, 0) is 21.3 Å². The molecule has 12 nitrogen and oxygen atoms in total. The zero-order chi connectivity index (χ0) is 30.0. The highest BCUT2D eigenvalue weighted by Crippen LogP contribution is 2.29. The molecule has 40 heavy (non-hydrogen) atoms. The van der Waals surface area contributed by atoms with Crippen LogP contribution in [-0.4, -0.2) is 54.1 Å². The molecule has 1 fully saturated rings. The van der Waals surface area contributed by atoms with Gasteiger partial charge in [-0.15, -0.1) is 11.3 Å². The van der Waals surface area contributed by atoms with Crippen LogP contribution in [0.1, 0.15) is 82.2 Å². The van der Waals surface area contributed by atoms with Crippen molar-refractivity contribution in [1.29, 1.82) is 0 Å². The molecular formula is C26H42N8O4S2. The maximum atomic E-state index is 12.5. The highest BCUT2D eigenvalue weighted by Gasteiger charge is 2.36. The molecule has 0 saturated heterocycles. The number of ether oxygens (including phenoxy) is 1. The molecule has 1 aliphatic carbocycles. The number of aliphatic imine (C=N–C) groups is 2. The number of carbonyl (C=O) groups excluding carboxylic acids is 1. The number of sulfonamides is 1. The minimum absolute atomic E-state index is 0. The number of amides is 1. The number of thiazole rings is 1. The number of carbonyl (C=O) groups is 1. The van der Waals surface area contributed by atoms with Crippen molar-refractivity contribution in [1.82, 2.24) is 25.6 Å². The number of allylic oxidation sites excluding steroid dienone is 1. The molecule has 3 N–H and O–H groups in total. The fourth-order valence-corrected chi connectivity index (χ4v) is 5.02. The van der Waals surface area contributed by atoms with Gasteiger partial charge in [0, 0.05) is 26.1 Å². The van der Waals surface area contributed by atoms with Gasteiger partial charge in [0.05, 0.1) is 35.2 Å². The molecule has 222 valence electrons. The first-order valence-electron chi connectivity index (χ1n) is 13.1. The third-order valence-electron chi connectivity index (χ3n) is 4.67. The summed E-state index contributed by atoms with van der Waals surface area (Å²) in [6.07, 6.45) is 11.0. The maximum absolute atomic E-state index is 12.5. The van der Waals surface area contributed by atoms with E-state index in [0.717, 1.165) is 4.88 Å². The molecule has 1 aliphatic heterocycles. The normalized spacial score (nSPS) is 15.4. The lowest BCUT2D eigenvalue weighted by Crippen LogP contribution is -2.25. The first-order chi connectivity index (χ1) is 19.4. The van der Waals surface area contributed by atoms with Gasteiger partial charge in [-0.2, -0.15) is 0 Å². The van der Waals surface area contributed by atoms with Gasteiger partial charge in [0.1, 0.15) is 18.2 Å². The second-order valence-corrected chi connectivity index (χ2v) is 10.5. The number of nitrogens with zero attached hydrogens (tertiary/aromatic N) is 5. The summed E-state index contributed by atoms with van der Waals surface area (Å²) in [5, 5.41) is 5.85. The van der Waals surface area contributed by atoms with Crippen LogP contribution in [0.15, 0.2) is 52.9 Å². The Bertz CT molecular complexity index is 1260. The maximum Gasteiger partial charge on any atom is 0.280 e. The monoisotopic (exact) mass is 594 g/mol. The topological polar surface area (TPSA) is 160 Å². The lowest BCUT2D eigenvalue weighted by atomic mass is 10.2. The van der Waals surface area contributed by atoms with Crippen LogP contribution in [0.3, 0.4) is 0 Å². The van der Waals surface area contributed by atoms with Crippen molar-refractivity contribution in [3.05, 3.63) is 58.5 Å². The van der Waals surface area contributed by atoms with Crippen LogP contribution in [0.2, 0.25) is 0 Å². The second-order valence-electron chi connectivity index (χ2n) is 7.50. The highest BCUT2D eigenvalue weighted by atomic mass is 32.2. The van der Waals surface area contributed by atoms with E-state index in [4.69, 9.17) is 4.74 Å². The van der Waals surface area contributed by atoms with Gasteiger partial charge in [-0.3, -0.25) is 19.5 Å². The van der Waals surface area contributed by atoms with Gasteiger partial charge in [-0.25, -0.2) is 23.4 Å². The summed E-state index contributed by atoms with van der Waals surface area (Å²) < 4.78 is 32.0. The lowest BCUT2D eigenvalue weighted by Gasteiger charge is -2.19. The van der Waals surface area contributed by atoms with Crippen molar-refractivity contribution in [2.75, 3.05) is 11.3 Å². The minimum atomic E-state index is -3.41. The standard InChI is InChI=1S/C18H21N7O4S2.C4H7N.2C2H6.H2/c1-2-29-16-9-19-7-13(24-16)14-8-21-18(30-14)17(26)20-6-11-5-15(23-10-22-11)25-31(27,28)12-3-4-12;1-3-4-5-2;2*1-2;/h5,7-10,12-13,24H,2-4,6H2,1H3,(H,20,26)(H,22,23,25);3-4H,2H2,1H3;2*1-2H3;1H/b;4-3-;;;. The summed E-state index contributed by atoms with van der Waals surface area (Å²) in [7, 11) is -3.41. The van der Waals surface area contributed by atoms with Crippen LogP contribution in [0.25, 0.3) is 0 Å². The quantitative estimate of drug-likeness (QED) is 0.330. The van der Waals surface area contributed by atoms with Crippen LogP contribution in [0.5, 0.6) is 0 Å². The van der Waals surface area contributed by atoms with Crippen molar-refractivity contribution in [3.63, 3.8) is 0 Å².